The van der Waals surface area contributed by atoms with E-state index in [0.29, 0.717) is 5.41 Å². The molecule has 18 heavy (non-hydrogen) atoms. The highest BCUT2D eigenvalue weighted by Crippen LogP contribution is 2.37. The number of piperidine rings is 2. The first-order valence-electron chi connectivity index (χ1n) is 7.46. The molecule has 3 aliphatic rings. The fraction of sp³-hybridized carbons (Fsp3) is 0.929. The third-order valence-electron chi connectivity index (χ3n) is 5.09. The Morgan fingerprint density at radius 3 is 2.56 bits per heavy atom. The zero-order valence-corrected chi connectivity index (χ0v) is 11.2. The zero-order chi connectivity index (χ0) is 12.4. The average Bonchev–Trinajstić information content (AvgIpc) is 2.75. The number of nitrogens with one attached hydrogen (secondary N) is 2. The quantitative estimate of drug-likeness (QED) is 0.755. The summed E-state index contributed by atoms with van der Waals surface area (Å²) in [7, 11) is 0. The first-order valence-corrected chi connectivity index (χ1v) is 7.46. The number of hydrogen-bond donors (Lipinski definition) is 2. The van der Waals surface area contributed by atoms with Gasteiger partial charge in [-0.2, -0.15) is 0 Å². The summed E-state index contributed by atoms with van der Waals surface area (Å²) in [5, 5.41) is 6.44. The summed E-state index contributed by atoms with van der Waals surface area (Å²) >= 11 is 0. The van der Waals surface area contributed by atoms with Crippen LogP contribution in [0, 0.1) is 11.3 Å². The van der Waals surface area contributed by atoms with Gasteiger partial charge in [0.1, 0.15) is 0 Å². The molecular formula is C14H25N3O. The molecule has 3 saturated heterocycles. The molecule has 1 amide bonds. The smallest absolute Gasteiger partial charge is 0.220 e. The van der Waals surface area contributed by atoms with Crippen LogP contribution in [0.15, 0.2) is 0 Å². The van der Waals surface area contributed by atoms with Crippen molar-refractivity contribution in [2.24, 2.45) is 11.3 Å². The number of carbonyl (C=O) groups excluding carboxylic acids is 1. The summed E-state index contributed by atoms with van der Waals surface area (Å²) in [6, 6.07) is 0. The Morgan fingerprint density at radius 1 is 1.22 bits per heavy atom. The maximum absolute atomic E-state index is 11.4. The van der Waals surface area contributed by atoms with E-state index in [0.717, 1.165) is 18.9 Å². The van der Waals surface area contributed by atoms with Crippen LogP contribution < -0.4 is 10.6 Å². The maximum atomic E-state index is 11.4. The topological polar surface area (TPSA) is 44.4 Å². The van der Waals surface area contributed by atoms with E-state index in [4.69, 9.17) is 0 Å². The van der Waals surface area contributed by atoms with Gasteiger partial charge in [0.25, 0.3) is 0 Å². The molecule has 4 nitrogen and oxygen atoms in total. The van der Waals surface area contributed by atoms with E-state index in [-0.39, 0.29) is 5.91 Å². The van der Waals surface area contributed by atoms with Crippen LogP contribution in [0.3, 0.4) is 0 Å². The van der Waals surface area contributed by atoms with Crippen molar-refractivity contribution in [3.05, 3.63) is 0 Å². The van der Waals surface area contributed by atoms with Gasteiger partial charge in [-0.15, -0.1) is 0 Å². The normalized spacial score (nSPS) is 29.7. The Balaban J connectivity index is 1.46. The standard InChI is InChI=1S/C14H25N3O/c18-13-9-14(11-16-13)3-7-17(8-4-14)10-12-1-5-15-6-2-12/h12,15H,1-11H2,(H,16,18). The van der Waals surface area contributed by atoms with Crippen molar-refractivity contribution >= 4 is 5.91 Å². The highest BCUT2D eigenvalue weighted by atomic mass is 16.1. The second kappa shape index (κ2) is 5.17. The number of nitrogens with zero attached hydrogens (tertiary/aromatic N) is 1. The third-order valence-corrected chi connectivity index (χ3v) is 5.09. The second-order valence-electron chi connectivity index (χ2n) is 6.45. The van der Waals surface area contributed by atoms with Gasteiger partial charge in [-0.1, -0.05) is 0 Å². The minimum absolute atomic E-state index is 0.266. The van der Waals surface area contributed by atoms with Crippen molar-refractivity contribution in [1.29, 1.82) is 0 Å². The van der Waals surface area contributed by atoms with Crippen LogP contribution in [0.5, 0.6) is 0 Å². The van der Waals surface area contributed by atoms with E-state index in [1.807, 2.05) is 0 Å². The zero-order valence-electron chi connectivity index (χ0n) is 11.2. The maximum Gasteiger partial charge on any atom is 0.220 e. The minimum atomic E-state index is 0.266. The molecule has 0 aliphatic carbocycles. The molecule has 0 bridgehead atoms. The van der Waals surface area contributed by atoms with Gasteiger partial charge in [0.05, 0.1) is 0 Å². The Kier molecular flexibility index (Phi) is 3.57. The van der Waals surface area contributed by atoms with Crippen LogP contribution in [0.25, 0.3) is 0 Å². The summed E-state index contributed by atoms with van der Waals surface area (Å²) in [5.74, 6) is 1.16. The molecular weight excluding hydrogens is 226 g/mol. The lowest BCUT2D eigenvalue weighted by Crippen LogP contribution is -2.44. The fourth-order valence-electron chi connectivity index (χ4n) is 3.74. The molecule has 4 heteroatoms. The Labute approximate surface area is 109 Å². The van der Waals surface area contributed by atoms with Gasteiger partial charge in [-0.25, -0.2) is 0 Å². The molecule has 3 fully saturated rings. The molecule has 3 rings (SSSR count). The van der Waals surface area contributed by atoms with E-state index in [2.05, 4.69) is 15.5 Å². The first kappa shape index (κ1) is 12.4. The molecule has 0 saturated carbocycles. The molecule has 0 aromatic rings. The lowest BCUT2D eigenvalue weighted by Gasteiger charge is -2.40. The van der Waals surface area contributed by atoms with Crippen molar-refractivity contribution in [2.75, 3.05) is 39.3 Å². The van der Waals surface area contributed by atoms with Gasteiger partial charge in [0.2, 0.25) is 5.91 Å². The Bertz CT molecular complexity index is 304. The lowest BCUT2D eigenvalue weighted by molar-refractivity contribution is -0.119. The molecule has 3 heterocycles. The van der Waals surface area contributed by atoms with Gasteiger partial charge in [-0.05, 0) is 63.2 Å². The van der Waals surface area contributed by atoms with Crippen molar-refractivity contribution in [3.8, 4) is 0 Å². The number of amides is 1. The van der Waals surface area contributed by atoms with Crippen molar-refractivity contribution in [2.45, 2.75) is 32.1 Å². The molecule has 0 radical (unpaired) electrons. The molecule has 3 aliphatic heterocycles. The summed E-state index contributed by atoms with van der Waals surface area (Å²) in [6.45, 7) is 6.98. The van der Waals surface area contributed by atoms with Gasteiger partial charge in [0.15, 0.2) is 0 Å². The second-order valence-corrected chi connectivity index (χ2v) is 6.45. The summed E-state index contributed by atoms with van der Waals surface area (Å²) in [6.07, 6.45) is 5.85. The summed E-state index contributed by atoms with van der Waals surface area (Å²) in [5.41, 5.74) is 0.307. The molecule has 2 N–H and O–H groups in total. The highest BCUT2D eigenvalue weighted by Gasteiger charge is 2.40. The minimum Gasteiger partial charge on any atom is -0.356 e. The molecule has 1 spiro atoms. The third kappa shape index (κ3) is 2.69. The van der Waals surface area contributed by atoms with E-state index in [1.165, 1.54) is 58.4 Å². The van der Waals surface area contributed by atoms with Gasteiger partial charge in [0, 0.05) is 19.5 Å². The number of hydrogen-bond acceptors (Lipinski definition) is 3. The van der Waals surface area contributed by atoms with Crippen LogP contribution in [0.1, 0.15) is 32.1 Å². The van der Waals surface area contributed by atoms with Crippen molar-refractivity contribution in [1.82, 2.24) is 15.5 Å². The monoisotopic (exact) mass is 251 g/mol. The number of rotatable bonds is 2. The van der Waals surface area contributed by atoms with E-state index < -0.39 is 0 Å². The molecule has 0 unspecified atom stereocenters. The molecule has 0 aromatic heterocycles. The van der Waals surface area contributed by atoms with Crippen LogP contribution in [-0.4, -0.2) is 50.1 Å². The van der Waals surface area contributed by atoms with Crippen LogP contribution >= 0.6 is 0 Å². The predicted molar refractivity (Wildman–Crippen MR) is 71.3 cm³/mol. The summed E-state index contributed by atoms with van der Waals surface area (Å²) in [4.78, 5) is 14.0. The van der Waals surface area contributed by atoms with Crippen LogP contribution in [0.4, 0.5) is 0 Å². The van der Waals surface area contributed by atoms with Gasteiger partial charge < -0.3 is 15.5 Å². The van der Waals surface area contributed by atoms with E-state index >= 15 is 0 Å². The molecule has 0 atom stereocenters. The van der Waals surface area contributed by atoms with Crippen LogP contribution in [0.2, 0.25) is 0 Å². The SMILES string of the molecule is O=C1CC2(CCN(CC3CCNCC3)CC2)CN1. The molecule has 102 valence electrons. The molecule has 0 aromatic carbocycles. The number of carbonyl (C=O) groups is 1. The van der Waals surface area contributed by atoms with E-state index in [9.17, 15) is 4.79 Å². The largest absolute Gasteiger partial charge is 0.356 e. The number of likely N-dealkylation sites (tertiary alicyclic amines) is 1. The predicted octanol–water partition coefficient (Wildman–Crippen LogP) is 0.588. The average molecular weight is 251 g/mol. The summed E-state index contributed by atoms with van der Waals surface area (Å²) < 4.78 is 0. The van der Waals surface area contributed by atoms with E-state index in [1.54, 1.807) is 0 Å². The van der Waals surface area contributed by atoms with Gasteiger partial charge in [-0.3, -0.25) is 4.79 Å². The Hall–Kier alpha value is -0.610. The Morgan fingerprint density at radius 2 is 1.94 bits per heavy atom. The lowest BCUT2D eigenvalue weighted by atomic mass is 9.77. The van der Waals surface area contributed by atoms with Crippen molar-refractivity contribution in [3.63, 3.8) is 0 Å². The fourth-order valence-corrected chi connectivity index (χ4v) is 3.74. The van der Waals surface area contributed by atoms with Gasteiger partial charge >= 0.3 is 0 Å². The van der Waals surface area contributed by atoms with Crippen molar-refractivity contribution < 1.29 is 4.79 Å². The first-order chi connectivity index (χ1) is 8.76. The highest BCUT2D eigenvalue weighted by molar-refractivity contribution is 5.79. The van der Waals surface area contributed by atoms with Crippen LogP contribution in [-0.2, 0) is 4.79 Å².